The molecule has 76 valence electrons. The lowest BCUT2D eigenvalue weighted by Crippen LogP contribution is -2.30. The van der Waals surface area contributed by atoms with Gasteiger partial charge in [0.1, 0.15) is 0 Å². The largest absolute Gasteiger partial charge is 0.258 e. The van der Waals surface area contributed by atoms with Crippen LogP contribution in [0.25, 0.3) is 0 Å². The lowest BCUT2D eigenvalue weighted by atomic mass is 10.2. The predicted octanol–water partition coefficient (Wildman–Crippen LogP) is 2.05. The third-order valence-electron chi connectivity index (χ3n) is 2.08. The van der Waals surface area contributed by atoms with Gasteiger partial charge in [-0.3, -0.25) is 5.43 Å². The number of allylic oxidation sites excluding steroid dienone is 7. The molecule has 1 aliphatic carbocycles. The molecule has 2 nitrogen and oxygen atoms in total. The second-order valence-corrected chi connectivity index (χ2v) is 3.24. The van der Waals surface area contributed by atoms with Gasteiger partial charge in [0, 0.05) is 13.6 Å². The van der Waals surface area contributed by atoms with Crippen molar-refractivity contribution in [1.29, 1.82) is 0 Å². The molecule has 0 fully saturated rings. The van der Waals surface area contributed by atoms with Crippen LogP contribution >= 0.6 is 0 Å². The van der Waals surface area contributed by atoms with Crippen molar-refractivity contribution >= 4 is 0 Å². The molecule has 0 radical (unpaired) electrons. The molecule has 1 rings (SSSR count). The Balaban J connectivity index is 2.42. The summed E-state index contributed by atoms with van der Waals surface area (Å²) in [5, 5.41) is 2.02. The number of rotatable bonds is 4. The number of hydrogen-bond donors (Lipinski definition) is 1. The van der Waals surface area contributed by atoms with E-state index in [0.717, 1.165) is 13.0 Å². The summed E-state index contributed by atoms with van der Waals surface area (Å²) in [5.74, 6) is 0. The Morgan fingerprint density at radius 1 is 1.50 bits per heavy atom. The summed E-state index contributed by atoms with van der Waals surface area (Å²) in [5.41, 5.74) is 4.30. The number of likely N-dealkylation sites (N-methyl/N-ethyl adjacent to an activating group) is 1. The van der Waals surface area contributed by atoms with Gasteiger partial charge in [-0.1, -0.05) is 42.5 Å². The second kappa shape index (κ2) is 6.35. The zero-order valence-corrected chi connectivity index (χ0v) is 8.90. The van der Waals surface area contributed by atoms with Gasteiger partial charge in [-0.25, -0.2) is 5.01 Å². The first-order valence-electron chi connectivity index (χ1n) is 4.91. The summed E-state index contributed by atoms with van der Waals surface area (Å²) < 4.78 is 0. The quantitative estimate of drug-likeness (QED) is 0.683. The minimum atomic E-state index is 0.908. The van der Waals surface area contributed by atoms with Gasteiger partial charge in [0.25, 0.3) is 0 Å². The molecule has 0 saturated heterocycles. The van der Waals surface area contributed by atoms with Crippen LogP contribution in [-0.4, -0.2) is 25.6 Å². The molecule has 2 heteroatoms. The second-order valence-electron chi connectivity index (χ2n) is 3.24. The smallest absolute Gasteiger partial charge is 0.0311 e. The Bertz CT molecular complexity index is 272. The number of hydrazine groups is 1. The van der Waals surface area contributed by atoms with Crippen LogP contribution in [0.1, 0.15) is 6.42 Å². The normalized spacial score (nSPS) is 16.4. The minimum Gasteiger partial charge on any atom is -0.258 e. The summed E-state index contributed by atoms with van der Waals surface area (Å²) in [6.45, 7) is 0.908. The SMILES string of the molecule is CNN(C)C/C=C/C1=CC=CCC=C1. The van der Waals surface area contributed by atoms with E-state index in [4.69, 9.17) is 0 Å². The molecular weight excluding hydrogens is 172 g/mol. The average Bonchev–Trinajstić information content (AvgIpc) is 2.46. The Morgan fingerprint density at radius 3 is 3.14 bits per heavy atom. The van der Waals surface area contributed by atoms with E-state index in [-0.39, 0.29) is 0 Å². The molecule has 0 aromatic heterocycles. The van der Waals surface area contributed by atoms with Crippen LogP contribution in [0.2, 0.25) is 0 Å². The maximum Gasteiger partial charge on any atom is 0.0311 e. The molecule has 0 aromatic rings. The summed E-state index contributed by atoms with van der Waals surface area (Å²) in [4.78, 5) is 0. The zero-order valence-electron chi connectivity index (χ0n) is 8.90. The van der Waals surface area contributed by atoms with Crippen LogP contribution in [-0.2, 0) is 0 Å². The van der Waals surface area contributed by atoms with Gasteiger partial charge in [0.2, 0.25) is 0 Å². The number of nitrogens with zero attached hydrogens (tertiary/aromatic N) is 1. The van der Waals surface area contributed by atoms with Gasteiger partial charge in [-0.2, -0.15) is 0 Å². The van der Waals surface area contributed by atoms with E-state index in [9.17, 15) is 0 Å². The van der Waals surface area contributed by atoms with E-state index in [1.165, 1.54) is 5.57 Å². The van der Waals surface area contributed by atoms with Crippen molar-refractivity contribution in [1.82, 2.24) is 10.4 Å². The fourth-order valence-electron chi connectivity index (χ4n) is 1.15. The highest BCUT2D eigenvalue weighted by atomic mass is 15.5. The Labute approximate surface area is 86.3 Å². The Morgan fingerprint density at radius 2 is 2.36 bits per heavy atom. The molecule has 0 amide bonds. The van der Waals surface area contributed by atoms with Crippen molar-refractivity contribution in [2.45, 2.75) is 6.42 Å². The van der Waals surface area contributed by atoms with Gasteiger partial charge in [0.15, 0.2) is 0 Å². The van der Waals surface area contributed by atoms with Crippen molar-refractivity contribution in [2.24, 2.45) is 0 Å². The molecule has 0 atom stereocenters. The van der Waals surface area contributed by atoms with Crippen LogP contribution in [0.4, 0.5) is 0 Å². The van der Waals surface area contributed by atoms with Gasteiger partial charge >= 0.3 is 0 Å². The van der Waals surface area contributed by atoms with E-state index < -0.39 is 0 Å². The van der Waals surface area contributed by atoms with Crippen LogP contribution in [0.5, 0.6) is 0 Å². The molecule has 0 saturated carbocycles. The number of nitrogens with one attached hydrogen (secondary N) is 1. The van der Waals surface area contributed by atoms with E-state index in [1.807, 2.05) is 19.1 Å². The lowest BCUT2D eigenvalue weighted by Gasteiger charge is -2.10. The fraction of sp³-hybridized carbons (Fsp3) is 0.333. The third kappa shape index (κ3) is 4.21. The fourth-order valence-corrected chi connectivity index (χ4v) is 1.15. The van der Waals surface area contributed by atoms with Crippen LogP contribution in [0.3, 0.4) is 0 Å². The van der Waals surface area contributed by atoms with E-state index in [0.29, 0.717) is 0 Å². The summed E-state index contributed by atoms with van der Waals surface area (Å²) in [7, 11) is 3.93. The maximum absolute atomic E-state index is 3.05. The first kappa shape index (κ1) is 11.0. The number of hydrogen-bond acceptors (Lipinski definition) is 2. The molecular formula is C12H18N2. The van der Waals surface area contributed by atoms with E-state index >= 15 is 0 Å². The summed E-state index contributed by atoms with van der Waals surface area (Å²) in [6.07, 6.45) is 16.0. The molecule has 1 N–H and O–H groups in total. The van der Waals surface area contributed by atoms with Gasteiger partial charge in [0.05, 0.1) is 0 Å². The van der Waals surface area contributed by atoms with Crippen molar-refractivity contribution in [2.75, 3.05) is 20.6 Å². The summed E-state index contributed by atoms with van der Waals surface area (Å²) in [6, 6.07) is 0. The first-order valence-corrected chi connectivity index (χ1v) is 4.91. The van der Waals surface area contributed by atoms with Crippen molar-refractivity contribution in [3.05, 3.63) is 48.1 Å². The third-order valence-corrected chi connectivity index (χ3v) is 2.08. The van der Waals surface area contributed by atoms with Gasteiger partial charge in [-0.05, 0) is 19.0 Å². The minimum absolute atomic E-state index is 0.908. The molecule has 0 aliphatic heterocycles. The van der Waals surface area contributed by atoms with Crippen molar-refractivity contribution < 1.29 is 0 Å². The average molecular weight is 190 g/mol. The molecule has 0 aromatic carbocycles. The Hall–Kier alpha value is -1.12. The van der Waals surface area contributed by atoms with E-state index in [1.54, 1.807) is 0 Å². The molecule has 1 aliphatic rings. The van der Waals surface area contributed by atoms with Gasteiger partial charge < -0.3 is 0 Å². The predicted molar refractivity (Wildman–Crippen MR) is 61.8 cm³/mol. The standard InChI is InChI=1S/C12H18N2/c1-13-14(2)11-7-10-12-8-5-3-4-6-9-12/h3,5-10,13H,4,11H2,1-2H3/b10-7+. The maximum atomic E-state index is 3.05. The van der Waals surface area contributed by atoms with Crippen LogP contribution in [0, 0.1) is 0 Å². The topological polar surface area (TPSA) is 15.3 Å². The highest BCUT2D eigenvalue weighted by Crippen LogP contribution is 2.05. The molecule has 14 heavy (non-hydrogen) atoms. The first-order chi connectivity index (χ1) is 6.83. The molecule has 0 spiro atoms. The van der Waals surface area contributed by atoms with Crippen LogP contribution in [0.15, 0.2) is 48.1 Å². The van der Waals surface area contributed by atoms with E-state index in [2.05, 4.69) is 48.0 Å². The van der Waals surface area contributed by atoms with Crippen molar-refractivity contribution in [3.8, 4) is 0 Å². The highest BCUT2D eigenvalue weighted by molar-refractivity contribution is 5.35. The lowest BCUT2D eigenvalue weighted by molar-refractivity contribution is 0.290. The summed E-state index contributed by atoms with van der Waals surface area (Å²) >= 11 is 0. The molecule has 0 bridgehead atoms. The van der Waals surface area contributed by atoms with Gasteiger partial charge in [-0.15, -0.1) is 0 Å². The van der Waals surface area contributed by atoms with Crippen LogP contribution < -0.4 is 5.43 Å². The highest BCUT2D eigenvalue weighted by Gasteiger charge is 1.89. The van der Waals surface area contributed by atoms with Crippen molar-refractivity contribution in [3.63, 3.8) is 0 Å². The molecule has 0 unspecified atom stereocenters. The zero-order chi connectivity index (χ0) is 10.2. The molecule has 0 heterocycles. The Kier molecular flexibility index (Phi) is 4.97. The monoisotopic (exact) mass is 190 g/mol.